The quantitative estimate of drug-likeness (QED) is 0.112. The van der Waals surface area contributed by atoms with Crippen molar-refractivity contribution >= 4 is 12.0 Å². The van der Waals surface area contributed by atoms with Gasteiger partial charge >= 0.3 is 5.97 Å². The number of benzene rings is 2. The Morgan fingerprint density at radius 2 is 1.53 bits per heavy atom. The molecule has 0 radical (unpaired) electrons. The predicted octanol–water partition coefficient (Wildman–Crippen LogP) is -0.798. The Hall–Kier alpha value is -3.51. The molecule has 0 saturated carbocycles. The van der Waals surface area contributed by atoms with Crippen LogP contribution in [0.2, 0.25) is 0 Å². The first-order valence-electron chi connectivity index (χ1n) is 14.0. The number of esters is 1. The van der Waals surface area contributed by atoms with Crippen LogP contribution < -0.4 is 9.47 Å². The Labute approximate surface area is 258 Å². The van der Waals surface area contributed by atoms with Gasteiger partial charge in [-0.25, -0.2) is 4.79 Å². The van der Waals surface area contributed by atoms with Crippen LogP contribution in [0.25, 0.3) is 6.08 Å². The van der Waals surface area contributed by atoms with Crippen LogP contribution in [0.4, 0.5) is 0 Å². The second-order valence-electron chi connectivity index (χ2n) is 10.4. The van der Waals surface area contributed by atoms with E-state index in [2.05, 4.69) is 0 Å². The van der Waals surface area contributed by atoms with Gasteiger partial charge in [-0.15, -0.1) is 0 Å². The fourth-order valence-electron chi connectivity index (χ4n) is 4.74. The molecule has 2 heterocycles. The summed E-state index contributed by atoms with van der Waals surface area (Å²) in [6, 6.07) is 9.11. The molecule has 248 valence electrons. The third-order valence-electron chi connectivity index (χ3n) is 7.30. The van der Waals surface area contributed by atoms with Gasteiger partial charge in [-0.2, -0.15) is 0 Å². The minimum absolute atomic E-state index is 0.00771. The van der Waals surface area contributed by atoms with Crippen LogP contribution in [0.3, 0.4) is 0 Å². The highest BCUT2D eigenvalue weighted by Crippen LogP contribution is 2.29. The zero-order valence-electron chi connectivity index (χ0n) is 24.5. The lowest BCUT2D eigenvalue weighted by Crippen LogP contribution is -2.61. The van der Waals surface area contributed by atoms with Crippen LogP contribution in [0.15, 0.2) is 42.5 Å². The van der Waals surface area contributed by atoms with Crippen LogP contribution >= 0.6 is 0 Å². The van der Waals surface area contributed by atoms with Crippen molar-refractivity contribution in [3.8, 4) is 23.0 Å². The lowest BCUT2D eigenvalue weighted by Gasteiger charge is -2.42. The van der Waals surface area contributed by atoms with E-state index < -0.39 is 67.9 Å². The molecule has 9 atom stereocenters. The zero-order chi connectivity index (χ0) is 32.7. The molecule has 4 rings (SSSR count). The van der Waals surface area contributed by atoms with Gasteiger partial charge in [0.15, 0.2) is 41.7 Å². The molecule has 0 bridgehead atoms. The van der Waals surface area contributed by atoms with Gasteiger partial charge in [0, 0.05) is 6.08 Å². The molecule has 2 aromatic carbocycles. The van der Waals surface area contributed by atoms with E-state index in [1.807, 2.05) is 0 Å². The molecule has 15 nitrogen and oxygen atoms in total. The number of hydrogen-bond donors (Lipinski definition) is 7. The van der Waals surface area contributed by atoms with Crippen LogP contribution in [0, 0.1) is 0 Å². The highest BCUT2D eigenvalue weighted by molar-refractivity contribution is 5.87. The summed E-state index contributed by atoms with van der Waals surface area (Å²) in [5.41, 5.74) is 1.23. The van der Waals surface area contributed by atoms with Crippen molar-refractivity contribution in [3.05, 3.63) is 53.6 Å². The van der Waals surface area contributed by atoms with Gasteiger partial charge in [-0.3, -0.25) is 0 Å². The van der Waals surface area contributed by atoms with Crippen molar-refractivity contribution in [3.63, 3.8) is 0 Å². The van der Waals surface area contributed by atoms with Crippen molar-refractivity contribution in [1.82, 2.24) is 0 Å². The fourth-order valence-corrected chi connectivity index (χ4v) is 4.74. The van der Waals surface area contributed by atoms with E-state index in [1.54, 1.807) is 12.1 Å². The average Bonchev–Trinajstić information content (AvgIpc) is 3.03. The van der Waals surface area contributed by atoms with Crippen molar-refractivity contribution in [1.29, 1.82) is 0 Å². The Kier molecular flexibility index (Phi) is 12.0. The minimum Gasteiger partial charge on any atom is -0.504 e. The monoisotopic (exact) mass is 638 g/mol. The maximum Gasteiger partial charge on any atom is 0.331 e. The largest absolute Gasteiger partial charge is 0.504 e. The molecule has 2 saturated heterocycles. The molecule has 2 aliphatic heterocycles. The predicted molar refractivity (Wildman–Crippen MR) is 152 cm³/mol. The summed E-state index contributed by atoms with van der Waals surface area (Å²) in [5.74, 6) is -0.596. The minimum atomic E-state index is -1.71. The van der Waals surface area contributed by atoms with Gasteiger partial charge < -0.3 is 68.9 Å². The summed E-state index contributed by atoms with van der Waals surface area (Å²) in [6.45, 7) is -0.775. The third-order valence-corrected chi connectivity index (χ3v) is 7.30. The van der Waals surface area contributed by atoms with E-state index in [0.717, 1.165) is 11.6 Å². The fraction of sp³-hybridized carbons (Fsp3) is 0.500. The average molecular weight is 639 g/mol. The van der Waals surface area contributed by atoms with E-state index in [-0.39, 0.29) is 36.2 Å². The summed E-state index contributed by atoms with van der Waals surface area (Å²) in [4.78, 5) is 12.8. The topological polar surface area (TPSA) is 223 Å². The number of aliphatic hydroxyl groups is 5. The Morgan fingerprint density at radius 1 is 0.867 bits per heavy atom. The number of aliphatic hydroxyl groups excluding tert-OH is 5. The summed E-state index contributed by atoms with van der Waals surface area (Å²) >= 11 is 0. The van der Waals surface area contributed by atoms with Crippen molar-refractivity contribution < 1.29 is 73.7 Å². The number of hydrogen-bond acceptors (Lipinski definition) is 15. The molecule has 15 heteroatoms. The van der Waals surface area contributed by atoms with E-state index in [9.17, 15) is 40.5 Å². The first-order chi connectivity index (χ1) is 21.5. The molecule has 2 aromatic rings. The molecule has 7 N–H and O–H groups in total. The summed E-state index contributed by atoms with van der Waals surface area (Å²) in [6.07, 6.45) is -10.6. The number of ether oxygens (including phenoxy) is 7. The van der Waals surface area contributed by atoms with E-state index in [0.29, 0.717) is 12.0 Å². The smallest absolute Gasteiger partial charge is 0.331 e. The van der Waals surface area contributed by atoms with Gasteiger partial charge in [-0.05, 0) is 47.9 Å². The number of rotatable bonds is 12. The molecule has 2 fully saturated rings. The maximum atomic E-state index is 12.8. The lowest BCUT2D eigenvalue weighted by molar-refractivity contribution is -0.321. The highest BCUT2D eigenvalue weighted by Gasteiger charge is 2.48. The SMILES string of the molecule is COc1cc(/C=C/C(=O)O[C@H]2[C@H](O)[C@@H](O)[C@H](OCCc3ccc(O)c(OC)c3)O[C@@H]2CO[C@@H]2OC[C@H](O)[C@H](O)[C@H]2O)ccc1O. The highest BCUT2D eigenvalue weighted by atomic mass is 16.7. The van der Waals surface area contributed by atoms with Gasteiger partial charge in [0.2, 0.25) is 0 Å². The van der Waals surface area contributed by atoms with Gasteiger partial charge in [0.05, 0.1) is 34.0 Å². The van der Waals surface area contributed by atoms with Crippen molar-refractivity contribution in [2.45, 2.75) is 61.7 Å². The van der Waals surface area contributed by atoms with Crippen LogP contribution in [-0.2, 0) is 34.9 Å². The first-order valence-corrected chi connectivity index (χ1v) is 14.0. The lowest BCUT2D eigenvalue weighted by atomic mass is 9.98. The molecular weight excluding hydrogens is 600 g/mol. The van der Waals surface area contributed by atoms with Gasteiger partial charge in [0.1, 0.15) is 36.6 Å². The third kappa shape index (κ3) is 8.61. The van der Waals surface area contributed by atoms with Crippen LogP contribution in [0.1, 0.15) is 11.1 Å². The molecular formula is C30H38O15. The summed E-state index contributed by atoms with van der Waals surface area (Å²) < 4.78 is 38.0. The summed E-state index contributed by atoms with van der Waals surface area (Å²) in [7, 11) is 2.78. The van der Waals surface area contributed by atoms with Gasteiger partial charge in [0.25, 0.3) is 0 Å². The van der Waals surface area contributed by atoms with Crippen LogP contribution in [-0.4, -0.2) is 131 Å². The number of phenols is 2. The number of carbonyl (C=O) groups excluding carboxylic acids is 1. The van der Waals surface area contributed by atoms with E-state index in [4.69, 9.17) is 33.2 Å². The summed E-state index contributed by atoms with van der Waals surface area (Å²) in [5, 5.41) is 71.3. The number of carbonyl (C=O) groups is 1. The zero-order valence-corrected chi connectivity index (χ0v) is 24.5. The molecule has 0 unspecified atom stereocenters. The normalized spacial score (nSPS) is 30.2. The first kappa shape index (κ1) is 34.4. The Balaban J connectivity index is 1.44. The molecule has 2 aliphatic rings. The Bertz CT molecular complexity index is 1300. The van der Waals surface area contributed by atoms with E-state index in [1.165, 1.54) is 44.6 Å². The standard InChI is InChI=1S/C30H38O15/c1-39-20-11-15(3-6-17(20)31)5-8-23(34)45-28-22(14-43-29-26(37)24(35)19(33)13-42-29)44-30(27(38)25(28)36)41-10-9-16-4-7-18(32)21(12-16)40-2/h3-8,11-12,19,22,24-33,35-38H,9-10,13-14H2,1-2H3/b8-5+/t19-,22+,24-,25+,26+,27+,28+,29-,30+/m0/s1. The molecule has 0 aromatic heterocycles. The molecule has 0 amide bonds. The van der Waals surface area contributed by atoms with Crippen molar-refractivity contribution in [2.75, 3.05) is 34.0 Å². The molecule has 0 aliphatic carbocycles. The number of methoxy groups -OCH3 is 2. The number of aromatic hydroxyl groups is 2. The van der Waals surface area contributed by atoms with Crippen molar-refractivity contribution in [2.24, 2.45) is 0 Å². The Morgan fingerprint density at radius 3 is 2.24 bits per heavy atom. The van der Waals surface area contributed by atoms with Crippen LogP contribution in [0.5, 0.6) is 23.0 Å². The van der Waals surface area contributed by atoms with Gasteiger partial charge in [-0.1, -0.05) is 12.1 Å². The maximum absolute atomic E-state index is 12.8. The van der Waals surface area contributed by atoms with E-state index >= 15 is 0 Å². The molecule has 45 heavy (non-hydrogen) atoms. The number of phenolic OH excluding ortho intramolecular Hbond substituents is 2. The second kappa shape index (κ2) is 15.7. The second-order valence-corrected chi connectivity index (χ2v) is 10.4. The molecule has 0 spiro atoms.